The van der Waals surface area contributed by atoms with Crippen LogP contribution in [0.3, 0.4) is 0 Å². The zero-order chi connectivity index (χ0) is 22.1. The predicted octanol–water partition coefficient (Wildman–Crippen LogP) is 3.93. The van der Waals surface area contributed by atoms with Gasteiger partial charge in [0.15, 0.2) is 11.5 Å². The highest BCUT2D eigenvalue weighted by molar-refractivity contribution is 6.31. The van der Waals surface area contributed by atoms with Crippen LogP contribution in [0.1, 0.15) is 33.0 Å². The fourth-order valence-electron chi connectivity index (χ4n) is 2.62. The van der Waals surface area contributed by atoms with Gasteiger partial charge in [-0.1, -0.05) is 22.8 Å². The summed E-state index contributed by atoms with van der Waals surface area (Å²) in [7, 11) is 1.61. The maximum atomic E-state index is 12.3. The second-order valence-electron chi connectivity index (χ2n) is 6.56. The van der Waals surface area contributed by atoms with Gasteiger partial charge in [0.1, 0.15) is 12.4 Å². The Morgan fingerprint density at radius 3 is 2.65 bits per heavy atom. The number of methoxy groups -OCH3 is 1. The number of hydrogen-bond donors (Lipinski definition) is 2. The van der Waals surface area contributed by atoms with Gasteiger partial charge in [0.2, 0.25) is 0 Å². The number of nitrogens with one attached hydrogen (secondary N) is 2. The minimum absolute atomic E-state index is 0.109. The van der Waals surface area contributed by atoms with E-state index in [1.807, 2.05) is 0 Å². The number of rotatable bonds is 10. The van der Waals surface area contributed by atoms with Crippen LogP contribution in [0.2, 0.25) is 5.02 Å². The average molecular weight is 444 g/mol. The predicted molar refractivity (Wildman–Crippen MR) is 116 cm³/mol. The van der Waals surface area contributed by atoms with Gasteiger partial charge in [-0.05, 0) is 48.9 Å². The lowest BCUT2D eigenvalue weighted by Crippen LogP contribution is -2.25. The summed E-state index contributed by atoms with van der Waals surface area (Å²) in [6.07, 6.45) is 0.714. The van der Waals surface area contributed by atoms with Crippen molar-refractivity contribution in [3.63, 3.8) is 0 Å². The van der Waals surface area contributed by atoms with E-state index < -0.39 is 0 Å². The molecule has 1 heterocycles. The van der Waals surface area contributed by atoms with Crippen molar-refractivity contribution >= 4 is 29.1 Å². The van der Waals surface area contributed by atoms with Gasteiger partial charge in [0.25, 0.3) is 11.8 Å². The lowest BCUT2D eigenvalue weighted by atomic mass is 10.2. The first-order chi connectivity index (χ1) is 15.0. The number of carbonyl (C=O) groups excluding carboxylic acids is 2. The Morgan fingerprint density at radius 2 is 1.90 bits per heavy atom. The molecular formula is C22H22ClN3O5. The molecule has 0 aliphatic heterocycles. The van der Waals surface area contributed by atoms with Crippen molar-refractivity contribution in [2.75, 3.05) is 25.6 Å². The number of aromatic nitrogens is 1. The maximum Gasteiger partial charge on any atom is 0.273 e. The van der Waals surface area contributed by atoms with E-state index in [0.29, 0.717) is 47.4 Å². The van der Waals surface area contributed by atoms with Crippen LogP contribution in [0.25, 0.3) is 0 Å². The van der Waals surface area contributed by atoms with Gasteiger partial charge >= 0.3 is 0 Å². The van der Waals surface area contributed by atoms with E-state index in [1.54, 1.807) is 55.6 Å². The van der Waals surface area contributed by atoms with Crippen molar-refractivity contribution in [2.45, 2.75) is 13.0 Å². The smallest absolute Gasteiger partial charge is 0.273 e. The molecule has 0 unspecified atom stereocenters. The van der Waals surface area contributed by atoms with Crippen LogP contribution in [-0.2, 0) is 11.3 Å². The second kappa shape index (κ2) is 11.1. The molecule has 3 aromatic rings. The van der Waals surface area contributed by atoms with Gasteiger partial charge in [-0.2, -0.15) is 0 Å². The Hall–Kier alpha value is -3.36. The third-order valence-electron chi connectivity index (χ3n) is 4.18. The Morgan fingerprint density at radius 1 is 1.10 bits per heavy atom. The molecule has 2 amide bonds. The number of amides is 2. The van der Waals surface area contributed by atoms with Crippen molar-refractivity contribution in [3.8, 4) is 5.75 Å². The first-order valence-electron chi connectivity index (χ1n) is 9.57. The number of anilines is 1. The van der Waals surface area contributed by atoms with E-state index in [4.69, 9.17) is 25.6 Å². The number of halogens is 1. The molecule has 0 atom stereocenters. The highest BCUT2D eigenvalue weighted by Gasteiger charge is 2.12. The molecular weight excluding hydrogens is 422 g/mol. The Kier molecular flexibility index (Phi) is 8.03. The van der Waals surface area contributed by atoms with Crippen LogP contribution < -0.4 is 15.4 Å². The van der Waals surface area contributed by atoms with E-state index in [0.717, 1.165) is 0 Å². The minimum atomic E-state index is -0.314. The zero-order valence-electron chi connectivity index (χ0n) is 16.9. The van der Waals surface area contributed by atoms with Crippen LogP contribution in [-0.4, -0.2) is 37.2 Å². The lowest BCUT2D eigenvalue weighted by molar-refractivity contribution is 0.0938. The summed E-state index contributed by atoms with van der Waals surface area (Å²) in [4.78, 5) is 24.2. The molecule has 3 rings (SSSR count). The molecule has 9 heteroatoms. The Labute approximate surface area is 184 Å². The number of nitrogens with zero attached hydrogens (tertiary/aromatic N) is 1. The maximum absolute atomic E-state index is 12.3. The lowest BCUT2D eigenvalue weighted by Gasteiger charge is -2.07. The standard InChI is InChI=1S/C22H22ClN3O5/c1-29-11-3-10-24-22(28)20-13-19(31-26-20)14-30-18-8-6-17(7-9-18)25-21(27)15-4-2-5-16(23)12-15/h2,4-9,12-13H,3,10-11,14H2,1H3,(H,24,28)(H,25,27). The first-order valence-corrected chi connectivity index (χ1v) is 9.95. The summed E-state index contributed by atoms with van der Waals surface area (Å²) in [6.45, 7) is 1.17. The van der Waals surface area contributed by atoms with E-state index in [9.17, 15) is 9.59 Å². The molecule has 0 bridgehead atoms. The molecule has 0 aliphatic rings. The number of benzene rings is 2. The topological polar surface area (TPSA) is 103 Å². The molecule has 162 valence electrons. The first kappa shape index (κ1) is 22.3. The van der Waals surface area contributed by atoms with E-state index >= 15 is 0 Å². The van der Waals surface area contributed by atoms with Crippen molar-refractivity contribution in [1.29, 1.82) is 0 Å². The van der Waals surface area contributed by atoms with Crippen molar-refractivity contribution < 1.29 is 23.6 Å². The quantitative estimate of drug-likeness (QED) is 0.460. The van der Waals surface area contributed by atoms with E-state index in [1.165, 1.54) is 6.07 Å². The van der Waals surface area contributed by atoms with Crippen LogP contribution in [0.15, 0.2) is 59.1 Å². The molecule has 0 spiro atoms. The van der Waals surface area contributed by atoms with Crippen LogP contribution in [0.4, 0.5) is 5.69 Å². The van der Waals surface area contributed by atoms with E-state index in [-0.39, 0.29) is 24.1 Å². The molecule has 1 aromatic heterocycles. The zero-order valence-corrected chi connectivity index (χ0v) is 17.6. The normalized spacial score (nSPS) is 10.5. The summed E-state index contributed by atoms with van der Waals surface area (Å²) in [5.74, 6) is 0.417. The molecule has 0 radical (unpaired) electrons. The highest BCUT2D eigenvalue weighted by Crippen LogP contribution is 2.19. The third kappa shape index (κ3) is 6.84. The summed E-state index contributed by atoms with van der Waals surface area (Å²) in [5.41, 5.74) is 1.27. The van der Waals surface area contributed by atoms with Gasteiger partial charge in [-0.3, -0.25) is 9.59 Å². The highest BCUT2D eigenvalue weighted by atomic mass is 35.5. The molecule has 31 heavy (non-hydrogen) atoms. The van der Waals surface area contributed by atoms with Gasteiger partial charge in [-0.25, -0.2) is 0 Å². The third-order valence-corrected chi connectivity index (χ3v) is 4.42. The fraction of sp³-hybridized carbons (Fsp3) is 0.227. The fourth-order valence-corrected chi connectivity index (χ4v) is 2.81. The van der Waals surface area contributed by atoms with E-state index in [2.05, 4.69) is 15.8 Å². The molecule has 2 aromatic carbocycles. The van der Waals surface area contributed by atoms with Gasteiger partial charge in [-0.15, -0.1) is 0 Å². The van der Waals surface area contributed by atoms with Crippen LogP contribution >= 0.6 is 11.6 Å². The molecule has 8 nitrogen and oxygen atoms in total. The second-order valence-corrected chi connectivity index (χ2v) is 6.99. The Balaban J connectivity index is 1.48. The van der Waals surface area contributed by atoms with Gasteiger partial charge in [0.05, 0.1) is 0 Å². The van der Waals surface area contributed by atoms with Crippen LogP contribution in [0, 0.1) is 0 Å². The number of carbonyl (C=O) groups is 2. The summed E-state index contributed by atoms with van der Waals surface area (Å²) in [6, 6.07) is 15.1. The van der Waals surface area contributed by atoms with Crippen LogP contribution in [0.5, 0.6) is 5.75 Å². The molecule has 2 N–H and O–H groups in total. The largest absolute Gasteiger partial charge is 0.486 e. The molecule has 0 saturated carbocycles. The SMILES string of the molecule is COCCCNC(=O)c1cc(COc2ccc(NC(=O)c3cccc(Cl)c3)cc2)on1. The minimum Gasteiger partial charge on any atom is -0.486 e. The number of hydrogen-bond acceptors (Lipinski definition) is 6. The summed E-state index contributed by atoms with van der Waals surface area (Å²) < 4.78 is 15.7. The van der Waals surface area contributed by atoms with Crippen molar-refractivity contribution in [3.05, 3.63) is 76.6 Å². The summed E-state index contributed by atoms with van der Waals surface area (Å²) >= 11 is 5.92. The Bertz CT molecular complexity index is 1020. The molecule has 0 fully saturated rings. The average Bonchev–Trinajstić information content (AvgIpc) is 3.25. The van der Waals surface area contributed by atoms with Crippen molar-refractivity contribution in [2.24, 2.45) is 0 Å². The molecule has 0 saturated heterocycles. The molecule has 0 aliphatic carbocycles. The van der Waals surface area contributed by atoms with Gasteiger partial charge < -0.3 is 24.6 Å². The number of ether oxygens (including phenoxy) is 2. The monoisotopic (exact) mass is 443 g/mol. The van der Waals surface area contributed by atoms with Gasteiger partial charge in [0, 0.05) is 42.6 Å². The van der Waals surface area contributed by atoms with Crippen molar-refractivity contribution in [1.82, 2.24) is 10.5 Å². The summed E-state index contributed by atoms with van der Waals surface area (Å²) in [5, 5.41) is 9.78.